The lowest BCUT2D eigenvalue weighted by molar-refractivity contribution is -0.135. The summed E-state index contributed by atoms with van der Waals surface area (Å²) < 4.78 is 11.2. The van der Waals surface area contributed by atoms with Crippen LogP contribution in [-0.4, -0.2) is 25.5 Å². The minimum atomic E-state index is -0.369. The van der Waals surface area contributed by atoms with Gasteiger partial charge in [-0.05, 0) is 41.8 Å². The van der Waals surface area contributed by atoms with Crippen molar-refractivity contribution in [1.29, 1.82) is 0 Å². The van der Waals surface area contributed by atoms with Gasteiger partial charge in [-0.25, -0.2) is 5.48 Å². The summed E-state index contributed by atoms with van der Waals surface area (Å²) in [5.74, 6) is 0.415. The second kappa shape index (κ2) is 10.9. The highest BCUT2D eigenvalue weighted by molar-refractivity contribution is 5.99. The quantitative estimate of drug-likeness (QED) is 0.441. The number of hydrogen-bond acceptors (Lipinski definition) is 5. The number of hydrogen-bond donors (Lipinski definition) is 2. The van der Waals surface area contributed by atoms with Gasteiger partial charge in [-0.2, -0.15) is 0 Å². The van der Waals surface area contributed by atoms with Crippen molar-refractivity contribution in [3.05, 3.63) is 95.1 Å². The fraction of sp³-hybridized carbons (Fsp3) is 0.259. The predicted molar refractivity (Wildman–Crippen MR) is 128 cm³/mol. The van der Waals surface area contributed by atoms with Crippen LogP contribution in [0.3, 0.4) is 0 Å². The van der Waals surface area contributed by atoms with Crippen molar-refractivity contribution < 1.29 is 23.9 Å². The Morgan fingerprint density at radius 1 is 1.03 bits per heavy atom. The number of carbonyl (C=O) groups is 2. The van der Waals surface area contributed by atoms with Gasteiger partial charge >= 0.3 is 0 Å². The SMILES string of the molecule is CCOc1cc(C(CC(=O)NOCc2ccccc2)C2NC(=O)c3ccccc32)ccc1OC. The maximum atomic E-state index is 12.9. The van der Waals surface area contributed by atoms with Gasteiger partial charge in [0.25, 0.3) is 5.91 Å². The van der Waals surface area contributed by atoms with Crippen molar-refractivity contribution in [1.82, 2.24) is 10.8 Å². The van der Waals surface area contributed by atoms with Gasteiger partial charge in [0, 0.05) is 17.9 Å². The molecule has 0 aliphatic carbocycles. The van der Waals surface area contributed by atoms with Crippen LogP contribution in [-0.2, 0) is 16.2 Å². The van der Waals surface area contributed by atoms with Crippen LogP contribution in [0.5, 0.6) is 11.5 Å². The third-order valence-electron chi connectivity index (χ3n) is 5.82. The molecule has 0 spiro atoms. The fourth-order valence-corrected chi connectivity index (χ4v) is 4.22. The molecule has 7 heteroatoms. The molecule has 34 heavy (non-hydrogen) atoms. The first-order valence-electron chi connectivity index (χ1n) is 11.3. The first-order valence-corrected chi connectivity index (χ1v) is 11.3. The van der Waals surface area contributed by atoms with E-state index in [9.17, 15) is 9.59 Å². The molecule has 0 fully saturated rings. The van der Waals surface area contributed by atoms with E-state index in [1.807, 2.05) is 73.7 Å². The molecule has 0 bridgehead atoms. The van der Waals surface area contributed by atoms with Gasteiger partial charge in [0.15, 0.2) is 11.5 Å². The number of hydroxylamine groups is 1. The summed E-state index contributed by atoms with van der Waals surface area (Å²) in [6.45, 7) is 2.63. The van der Waals surface area contributed by atoms with Crippen molar-refractivity contribution in [2.75, 3.05) is 13.7 Å². The van der Waals surface area contributed by atoms with Gasteiger partial charge < -0.3 is 14.8 Å². The Bertz CT molecular complexity index is 1150. The summed E-state index contributed by atoms with van der Waals surface area (Å²) in [6.07, 6.45) is 0.103. The maximum Gasteiger partial charge on any atom is 0.252 e. The smallest absolute Gasteiger partial charge is 0.252 e. The van der Waals surface area contributed by atoms with Crippen molar-refractivity contribution >= 4 is 11.8 Å². The van der Waals surface area contributed by atoms with E-state index in [1.165, 1.54) is 0 Å². The van der Waals surface area contributed by atoms with E-state index in [1.54, 1.807) is 13.2 Å². The lowest BCUT2D eigenvalue weighted by Crippen LogP contribution is -2.30. The number of rotatable bonds is 10. The van der Waals surface area contributed by atoms with E-state index in [0.29, 0.717) is 23.7 Å². The number of fused-ring (bicyclic) bond motifs is 1. The van der Waals surface area contributed by atoms with Gasteiger partial charge in [-0.1, -0.05) is 54.6 Å². The molecule has 3 aromatic carbocycles. The number of ether oxygens (including phenoxy) is 2. The van der Waals surface area contributed by atoms with Crippen LogP contribution in [0.2, 0.25) is 0 Å². The minimum Gasteiger partial charge on any atom is -0.493 e. The third kappa shape index (κ3) is 5.21. The molecule has 7 nitrogen and oxygen atoms in total. The summed E-state index contributed by atoms with van der Waals surface area (Å²) >= 11 is 0. The summed E-state index contributed by atoms with van der Waals surface area (Å²) in [4.78, 5) is 31.0. The highest BCUT2D eigenvalue weighted by Gasteiger charge is 2.36. The van der Waals surface area contributed by atoms with Crippen molar-refractivity contribution in [2.45, 2.75) is 31.9 Å². The first-order chi connectivity index (χ1) is 16.6. The molecule has 1 heterocycles. The summed E-state index contributed by atoms with van der Waals surface area (Å²) in [7, 11) is 1.58. The molecule has 0 saturated heterocycles. The standard InChI is InChI=1S/C27H28N2O5/c1-3-33-24-15-19(13-14-23(24)32-2)22(26-20-11-7-8-12-21(20)27(31)28-26)16-25(30)29-34-17-18-9-5-4-6-10-18/h4-15,22,26H,3,16-17H2,1-2H3,(H,28,31)(H,29,30). The molecule has 1 aliphatic heterocycles. The molecule has 176 valence electrons. The largest absolute Gasteiger partial charge is 0.493 e. The van der Waals surface area contributed by atoms with Gasteiger partial charge in [-0.3, -0.25) is 14.4 Å². The van der Waals surface area contributed by atoms with Crippen LogP contribution in [0.4, 0.5) is 0 Å². The molecule has 0 radical (unpaired) electrons. The number of methoxy groups -OCH3 is 1. The number of benzene rings is 3. The van der Waals surface area contributed by atoms with Gasteiger partial charge in [0.05, 0.1) is 26.4 Å². The average molecular weight is 461 g/mol. The lowest BCUT2D eigenvalue weighted by atomic mass is 9.84. The molecule has 2 unspecified atom stereocenters. The van der Waals surface area contributed by atoms with Crippen LogP contribution in [0.1, 0.15) is 52.4 Å². The Balaban J connectivity index is 1.58. The lowest BCUT2D eigenvalue weighted by Gasteiger charge is -2.25. The molecule has 0 saturated carbocycles. The number of nitrogens with one attached hydrogen (secondary N) is 2. The zero-order valence-corrected chi connectivity index (χ0v) is 19.2. The summed E-state index contributed by atoms with van der Waals surface area (Å²) in [5.41, 5.74) is 5.83. The summed E-state index contributed by atoms with van der Waals surface area (Å²) in [5, 5.41) is 3.05. The van der Waals surface area contributed by atoms with Gasteiger partial charge in [0.1, 0.15) is 0 Å². The van der Waals surface area contributed by atoms with E-state index < -0.39 is 0 Å². The van der Waals surface area contributed by atoms with E-state index in [4.69, 9.17) is 14.3 Å². The van der Waals surface area contributed by atoms with Crippen LogP contribution in [0.15, 0.2) is 72.8 Å². The molecule has 1 aliphatic rings. The molecule has 0 aromatic heterocycles. The Morgan fingerprint density at radius 3 is 2.56 bits per heavy atom. The summed E-state index contributed by atoms with van der Waals surface area (Å²) in [6, 6.07) is 22.3. The Labute approximate surface area is 199 Å². The monoisotopic (exact) mass is 460 g/mol. The van der Waals surface area contributed by atoms with Crippen molar-refractivity contribution in [2.24, 2.45) is 0 Å². The first kappa shape index (κ1) is 23.3. The van der Waals surface area contributed by atoms with Crippen LogP contribution in [0, 0.1) is 0 Å². The second-order valence-electron chi connectivity index (χ2n) is 7.99. The fourth-order valence-electron chi connectivity index (χ4n) is 4.22. The number of amides is 2. The number of carbonyl (C=O) groups excluding carboxylic acids is 2. The Kier molecular flexibility index (Phi) is 7.44. The highest BCUT2D eigenvalue weighted by atomic mass is 16.6. The van der Waals surface area contributed by atoms with E-state index in [-0.39, 0.29) is 36.8 Å². The van der Waals surface area contributed by atoms with Crippen LogP contribution in [0.25, 0.3) is 0 Å². The molecule has 3 aromatic rings. The van der Waals surface area contributed by atoms with Gasteiger partial charge in [0.2, 0.25) is 5.91 Å². The predicted octanol–water partition coefficient (Wildman–Crippen LogP) is 4.30. The molecule has 2 amide bonds. The zero-order valence-electron chi connectivity index (χ0n) is 19.2. The molecule has 2 atom stereocenters. The molecular formula is C27H28N2O5. The second-order valence-corrected chi connectivity index (χ2v) is 7.99. The topological polar surface area (TPSA) is 85.9 Å². The van der Waals surface area contributed by atoms with Crippen LogP contribution < -0.4 is 20.3 Å². The third-order valence-corrected chi connectivity index (χ3v) is 5.82. The highest BCUT2D eigenvalue weighted by Crippen LogP contribution is 2.41. The van der Waals surface area contributed by atoms with E-state index in [0.717, 1.165) is 16.7 Å². The molecular weight excluding hydrogens is 432 g/mol. The Hall–Kier alpha value is -3.84. The maximum absolute atomic E-state index is 12.9. The normalized spacial score (nSPS) is 15.2. The van der Waals surface area contributed by atoms with Gasteiger partial charge in [-0.15, -0.1) is 0 Å². The van der Waals surface area contributed by atoms with E-state index >= 15 is 0 Å². The van der Waals surface area contributed by atoms with E-state index in [2.05, 4.69) is 10.8 Å². The van der Waals surface area contributed by atoms with Crippen molar-refractivity contribution in [3.8, 4) is 11.5 Å². The minimum absolute atomic E-state index is 0.103. The zero-order chi connectivity index (χ0) is 23.9. The van der Waals surface area contributed by atoms with Crippen molar-refractivity contribution in [3.63, 3.8) is 0 Å². The molecule has 2 N–H and O–H groups in total. The van der Waals surface area contributed by atoms with Crippen LogP contribution >= 0.6 is 0 Å². The molecule has 4 rings (SSSR count). The average Bonchev–Trinajstić information content (AvgIpc) is 3.20. The Morgan fingerprint density at radius 2 is 1.79 bits per heavy atom.